The highest BCUT2D eigenvalue weighted by Crippen LogP contribution is 2.44. The van der Waals surface area contributed by atoms with E-state index < -0.39 is 0 Å². The Balaban J connectivity index is 1.09. The maximum atomic E-state index is 4.51. The number of para-hydroxylation sites is 2. The molecule has 0 amide bonds. The lowest BCUT2D eigenvalue weighted by Gasteiger charge is -2.18. The highest BCUT2D eigenvalue weighted by atomic mass is 15.0. The van der Waals surface area contributed by atoms with Crippen LogP contribution >= 0.6 is 0 Å². The minimum Gasteiger partial charge on any atom is -0.309 e. The van der Waals surface area contributed by atoms with Crippen molar-refractivity contribution in [2.45, 2.75) is 0 Å². The van der Waals surface area contributed by atoms with Crippen LogP contribution in [0.25, 0.3) is 104 Å². The van der Waals surface area contributed by atoms with Crippen molar-refractivity contribution in [3.63, 3.8) is 0 Å². The van der Waals surface area contributed by atoms with Crippen molar-refractivity contribution in [3.8, 4) is 39.1 Å². The van der Waals surface area contributed by atoms with E-state index in [2.05, 4.69) is 179 Å². The molecule has 2 heteroatoms. The number of aromatic nitrogens is 2. The lowest BCUT2D eigenvalue weighted by atomic mass is 9.85. The van der Waals surface area contributed by atoms with Crippen LogP contribution in [0.4, 0.5) is 0 Å². The van der Waals surface area contributed by atoms with Gasteiger partial charge in [0.25, 0.3) is 0 Å². The molecule has 236 valence electrons. The van der Waals surface area contributed by atoms with Gasteiger partial charge in [0.1, 0.15) is 0 Å². The van der Waals surface area contributed by atoms with Gasteiger partial charge in [-0.2, -0.15) is 0 Å². The molecular weight excluding hydrogens is 617 g/mol. The second-order valence-corrected chi connectivity index (χ2v) is 13.6. The van der Waals surface area contributed by atoms with Crippen molar-refractivity contribution in [3.05, 3.63) is 182 Å². The Bertz CT molecular complexity index is 3040. The number of rotatable bonds is 4. The summed E-state index contributed by atoms with van der Waals surface area (Å²) >= 11 is 0. The third-order valence-corrected chi connectivity index (χ3v) is 10.8. The number of hydrogen-bond acceptors (Lipinski definition) is 1. The molecule has 0 spiro atoms. The van der Waals surface area contributed by atoms with E-state index in [1.165, 1.54) is 87.5 Å². The number of benzene rings is 9. The summed E-state index contributed by atoms with van der Waals surface area (Å²) in [7, 11) is 0. The van der Waals surface area contributed by atoms with Crippen molar-refractivity contribution in [1.82, 2.24) is 9.55 Å². The van der Waals surface area contributed by atoms with Crippen molar-refractivity contribution in [2.75, 3.05) is 0 Å². The van der Waals surface area contributed by atoms with Gasteiger partial charge >= 0.3 is 0 Å². The maximum Gasteiger partial charge on any atom is 0.0702 e. The lowest BCUT2D eigenvalue weighted by Crippen LogP contribution is -1.94. The Hall–Kier alpha value is -6.77. The third kappa shape index (κ3) is 4.27. The summed E-state index contributed by atoms with van der Waals surface area (Å²) in [5, 5.41) is 11.5. The number of hydrogen-bond donors (Lipinski definition) is 0. The molecule has 11 aromatic rings. The van der Waals surface area contributed by atoms with Crippen LogP contribution in [0, 0.1) is 0 Å². The molecule has 0 radical (unpaired) electrons. The van der Waals surface area contributed by atoms with E-state index >= 15 is 0 Å². The molecule has 0 N–H and O–H groups in total. The fraction of sp³-hybridized carbons (Fsp3) is 0. The van der Waals surface area contributed by atoms with Crippen LogP contribution in [0.2, 0.25) is 0 Å². The van der Waals surface area contributed by atoms with Crippen LogP contribution in [-0.4, -0.2) is 9.55 Å². The predicted octanol–water partition coefficient (Wildman–Crippen LogP) is 13.2. The first-order valence-corrected chi connectivity index (χ1v) is 17.5. The SMILES string of the molecule is c1cnc2ccc(-c3ccc(-c4cc(-c5ccc(-n6c7ccccc7c7ccccc76)cc5)c5ccc6cccc7ccc4c5c76)cc3)cc2c1. The van der Waals surface area contributed by atoms with E-state index in [1.54, 1.807) is 0 Å². The molecular formula is C49H30N2. The van der Waals surface area contributed by atoms with Gasteiger partial charge in [0.05, 0.1) is 16.6 Å². The van der Waals surface area contributed by atoms with Gasteiger partial charge < -0.3 is 4.57 Å². The topological polar surface area (TPSA) is 17.8 Å². The van der Waals surface area contributed by atoms with Crippen LogP contribution in [0.3, 0.4) is 0 Å². The van der Waals surface area contributed by atoms with Crippen molar-refractivity contribution in [2.24, 2.45) is 0 Å². The normalized spacial score (nSPS) is 11.9. The lowest BCUT2D eigenvalue weighted by molar-refractivity contribution is 1.18. The molecule has 51 heavy (non-hydrogen) atoms. The van der Waals surface area contributed by atoms with Gasteiger partial charge in [-0.3, -0.25) is 4.98 Å². The average Bonchev–Trinajstić information content (AvgIpc) is 3.54. The smallest absolute Gasteiger partial charge is 0.0702 e. The molecule has 0 fully saturated rings. The summed E-state index contributed by atoms with van der Waals surface area (Å²) in [6.45, 7) is 0. The average molecular weight is 647 g/mol. The Morgan fingerprint density at radius 1 is 0.353 bits per heavy atom. The van der Waals surface area contributed by atoms with Gasteiger partial charge in [-0.1, -0.05) is 127 Å². The summed E-state index contributed by atoms with van der Waals surface area (Å²) in [4.78, 5) is 4.51. The van der Waals surface area contributed by atoms with Gasteiger partial charge in [0.2, 0.25) is 0 Å². The van der Waals surface area contributed by atoms with E-state index in [4.69, 9.17) is 0 Å². The van der Waals surface area contributed by atoms with Crippen LogP contribution in [-0.2, 0) is 0 Å². The molecule has 11 rings (SSSR count). The highest BCUT2D eigenvalue weighted by molar-refractivity contribution is 6.28. The molecule has 0 aliphatic heterocycles. The standard InChI is InChI=1S/C49H30N2/c1-3-12-46-39(10-1)40-11-2-4-13-47(40)51(46)38-23-18-33(19-24-38)44-30-43(41-25-20-34-7-5-8-35-21-26-42(44)49(41)48(34)35)32-16-14-31(15-17-32)36-22-27-45-37(29-36)9-6-28-50-45/h1-30H. The van der Waals surface area contributed by atoms with Gasteiger partial charge in [0.15, 0.2) is 0 Å². The minimum absolute atomic E-state index is 1.02. The second-order valence-electron chi connectivity index (χ2n) is 13.6. The molecule has 2 aromatic heterocycles. The molecule has 0 saturated carbocycles. The molecule has 0 bridgehead atoms. The number of pyridine rings is 1. The highest BCUT2D eigenvalue weighted by Gasteiger charge is 2.18. The number of fused-ring (bicyclic) bond motifs is 4. The Morgan fingerprint density at radius 3 is 1.59 bits per heavy atom. The zero-order chi connectivity index (χ0) is 33.5. The summed E-state index contributed by atoms with van der Waals surface area (Å²) in [6.07, 6.45) is 1.85. The zero-order valence-electron chi connectivity index (χ0n) is 27.7. The van der Waals surface area contributed by atoms with Crippen LogP contribution in [0.15, 0.2) is 182 Å². The molecule has 0 aliphatic rings. The second kappa shape index (κ2) is 10.9. The molecule has 2 nitrogen and oxygen atoms in total. The van der Waals surface area contributed by atoms with Gasteiger partial charge in [-0.05, 0) is 114 Å². The summed E-state index contributed by atoms with van der Waals surface area (Å²) < 4.78 is 2.39. The quantitative estimate of drug-likeness (QED) is 0.174. The Labute approximate surface area is 294 Å². The Morgan fingerprint density at radius 2 is 0.922 bits per heavy atom. The summed E-state index contributed by atoms with van der Waals surface area (Å²) in [6, 6.07) is 64.5. The van der Waals surface area contributed by atoms with Crippen molar-refractivity contribution in [1.29, 1.82) is 0 Å². The van der Waals surface area contributed by atoms with E-state index in [0.717, 1.165) is 16.6 Å². The molecule has 9 aromatic carbocycles. The molecule has 0 atom stereocenters. The first-order valence-electron chi connectivity index (χ1n) is 17.5. The minimum atomic E-state index is 1.02. The largest absolute Gasteiger partial charge is 0.309 e. The van der Waals surface area contributed by atoms with E-state index in [-0.39, 0.29) is 0 Å². The van der Waals surface area contributed by atoms with Gasteiger partial charge in [0, 0.05) is 28.0 Å². The van der Waals surface area contributed by atoms with Gasteiger partial charge in [-0.25, -0.2) is 0 Å². The third-order valence-electron chi connectivity index (χ3n) is 10.8. The van der Waals surface area contributed by atoms with Crippen LogP contribution in [0.5, 0.6) is 0 Å². The molecule has 2 heterocycles. The van der Waals surface area contributed by atoms with Crippen molar-refractivity contribution < 1.29 is 0 Å². The van der Waals surface area contributed by atoms with Gasteiger partial charge in [-0.15, -0.1) is 0 Å². The van der Waals surface area contributed by atoms with Crippen LogP contribution < -0.4 is 0 Å². The van der Waals surface area contributed by atoms with E-state index in [1.807, 2.05) is 12.3 Å². The summed E-state index contributed by atoms with van der Waals surface area (Å²) in [5.41, 5.74) is 11.9. The fourth-order valence-corrected chi connectivity index (χ4v) is 8.40. The summed E-state index contributed by atoms with van der Waals surface area (Å²) in [5.74, 6) is 0. The van der Waals surface area contributed by atoms with E-state index in [9.17, 15) is 0 Å². The molecule has 0 unspecified atom stereocenters. The Kier molecular flexibility index (Phi) is 5.99. The molecule has 0 aliphatic carbocycles. The molecule has 0 saturated heterocycles. The van der Waals surface area contributed by atoms with E-state index in [0.29, 0.717) is 0 Å². The predicted molar refractivity (Wildman–Crippen MR) is 216 cm³/mol. The monoisotopic (exact) mass is 646 g/mol. The fourth-order valence-electron chi connectivity index (χ4n) is 8.40. The number of nitrogens with zero attached hydrogens (tertiary/aromatic N) is 2. The van der Waals surface area contributed by atoms with Crippen LogP contribution in [0.1, 0.15) is 0 Å². The maximum absolute atomic E-state index is 4.51. The first-order chi connectivity index (χ1) is 25.3. The first kappa shape index (κ1) is 28.1. The van der Waals surface area contributed by atoms with Crippen molar-refractivity contribution >= 4 is 65.0 Å². The zero-order valence-corrected chi connectivity index (χ0v) is 27.7.